The number of rotatable bonds is 4. The Kier molecular flexibility index (Phi) is 8.64. The lowest BCUT2D eigenvalue weighted by Gasteiger charge is -2.18. The van der Waals surface area contributed by atoms with E-state index in [1.54, 1.807) is 6.07 Å². The molecule has 180 valence electrons. The maximum absolute atomic E-state index is 12.1. The highest BCUT2D eigenvalue weighted by molar-refractivity contribution is 6.21. The zero-order valence-corrected chi connectivity index (χ0v) is 20.9. The van der Waals surface area contributed by atoms with Crippen LogP contribution in [0.1, 0.15) is 118 Å². The lowest BCUT2D eigenvalue weighted by molar-refractivity contribution is 0.0609. The molecule has 0 bridgehead atoms. The number of benzene rings is 2. The van der Waals surface area contributed by atoms with Crippen LogP contribution in [0.5, 0.6) is 0 Å². The summed E-state index contributed by atoms with van der Waals surface area (Å²) in [6, 6.07) is 13.1. The Morgan fingerprint density at radius 1 is 0.636 bits per heavy atom. The zero-order chi connectivity index (χ0) is 23.7. The monoisotopic (exact) mass is 450 g/mol. The SMILES string of the molecule is C.CC(C)c1ccc2c(c1)C(=O)N(C(C)C)C2=O.CC(C)c1ccc2c(c1)CN(C(C)C)C2. The van der Waals surface area contributed by atoms with Gasteiger partial charge in [0.15, 0.2) is 0 Å². The van der Waals surface area contributed by atoms with Gasteiger partial charge in [0.05, 0.1) is 11.1 Å². The number of carbonyl (C=O) groups excluding carboxylic acids is 2. The first kappa shape index (κ1) is 26.8. The van der Waals surface area contributed by atoms with Crippen molar-refractivity contribution in [3.8, 4) is 0 Å². The summed E-state index contributed by atoms with van der Waals surface area (Å²) in [4.78, 5) is 28.0. The van der Waals surface area contributed by atoms with Gasteiger partial charge in [-0.25, -0.2) is 0 Å². The minimum atomic E-state index is -0.171. The molecular weight excluding hydrogens is 408 g/mol. The van der Waals surface area contributed by atoms with Gasteiger partial charge in [0.25, 0.3) is 11.8 Å². The average Bonchev–Trinajstić information content (AvgIpc) is 3.27. The van der Waals surface area contributed by atoms with Crippen LogP contribution in [0.15, 0.2) is 36.4 Å². The van der Waals surface area contributed by atoms with Gasteiger partial charge in [0.1, 0.15) is 0 Å². The van der Waals surface area contributed by atoms with Crippen LogP contribution in [-0.4, -0.2) is 33.7 Å². The quantitative estimate of drug-likeness (QED) is 0.472. The maximum atomic E-state index is 12.1. The highest BCUT2D eigenvalue weighted by Gasteiger charge is 2.37. The molecule has 2 heterocycles. The Bertz CT molecular complexity index is 1000. The molecule has 33 heavy (non-hydrogen) atoms. The third-order valence-electron chi connectivity index (χ3n) is 6.50. The van der Waals surface area contributed by atoms with Crippen molar-refractivity contribution in [3.05, 3.63) is 69.8 Å². The Labute approximate surface area is 201 Å². The Morgan fingerprint density at radius 3 is 1.70 bits per heavy atom. The van der Waals surface area contributed by atoms with Crippen LogP contribution in [0.25, 0.3) is 0 Å². The normalized spacial score (nSPS) is 15.2. The molecule has 2 aliphatic heterocycles. The molecule has 2 aliphatic rings. The fourth-order valence-corrected chi connectivity index (χ4v) is 4.27. The van der Waals surface area contributed by atoms with Gasteiger partial charge in [0, 0.05) is 25.2 Å². The van der Waals surface area contributed by atoms with Crippen molar-refractivity contribution in [2.45, 2.75) is 99.8 Å². The van der Waals surface area contributed by atoms with Crippen molar-refractivity contribution in [2.75, 3.05) is 0 Å². The first-order valence-electron chi connectivity index (χ1n) is 11.9. The molecule has 0 saturated carbocycles. The maximum Gasteiger partial charge on any atom is 0.261 e. The standard InChI is InChI=1S/C14H17NO2.C14H21N.CH4/c1-8(2)10-5-6-11-12(7-10)14(17)15(9(3)4)13(11)16;1-10(2)12-5-6-13-8-15(11(3)4)9-14(13)7-12;/h5-9H,1-4H3;5-7,10-11H,8-9H2,1-4H3;1H4. The van der Waals surface area contributed by atoms with Gasteiger partial charge in [0.2, 0.25) is 0 Å². The smallest absolute Gasteiger partial charge is 0.261 e. The molecule has 0 spiro atoms. The molecule has 2 aromatic carbocycles. The summed E-state index contributed by atoms with van der Waals surface area (Å²) in [7, 11) is 0. The summed E-state index contributed by atoms with van der Waals surface area (Å²) < 4.78 is 0. The van der Waals surface area contributed by atoms with Crippen LogP contribution in [0, 0.1) is 0 Å². The molecule has 0 unspecified atom stereocenters. The lowest BCUT2D eigenvalue weighted by Crippen LogP contribution is -2.35. The van der Waals surface area contributed by atoms with E-state index in [-0.39, 0.29) is 25.3 Å². The van der Waals surface area contributed by atoms with Gasteiger partial charge in [-0.2, -0.15) is 0 Å². The Morgan fingerprint density at radius 2 is 1.15 bits per heavy atom. The summed E-state index contributed by atoms with van der Waals surface area (Å²) >= 11 is 0. The van der Waals surface area contributed by atoms with Crippen LogP contribution in [0.3, 0.4) is 0 Å². The molecule has 0 aromatic heterocycles. The van der Waals surface area contributed by atoms with Crippen molar-refractivity contribution in [2.24, 2.45) is 0 Å². The molecule has 0 aliphatic carbocycles. The summed E-state index contributed by atoms with van der Waals surface area (Å²) in [6.45, 7) is 19.2. The first-order chi connectivity index (χ1) is 15.0. The number of hydrogen-bond acceptors (Lipinski definition) is 3. The van der Waals surface area contributed by atoms with E-state index in [0.717, 1.165) is 18.7 Å². The minimum absolute atomic E-state index is 0. The van der Waals surface area contributed by atoms with Crippen molar-refractivity contribution in [3.63, 3.8) is 0 Å². The van der Waals surface area contributed by atoms with Gasteiger partial charge >= 0.3 is 0 Å². The van der Waals surface area contributed by atoms with Crippen molar-refractivity contribution >= 4 is 11.8 Å². The molecule has 0 atom stereocenters. The van der Waals surface area contributed by atoms with Crippen LogP contribution in [-0.2, 0) is 13.1 Å². The van der Waals surface area contributed by atoms with E-state index in [1.807, 2.05) is 26.0 Å². The van der Waals surface area contributed by atoms with Crippen molar-refractivity contribution in [1.29, 1.82) is 0 Å². The third kappa shape index (κ3) is 5.55. The van der Waals surface area contributed by atoms with Gasteiger partial charge in [-0.05, 0) is 73.9 Å². The Hall–Kier alpha value is -2.46. The third-order valence-corrected chi connectivity index (χ3v) is 6.50. The molecule has 0 radical (unpaired) electrons. The van der Waals surface area contributed by atoms with Gasteiger partial charge in [-0.15, -0.1) is 0 Å². The molecule has 2 amide bonds. The number of hydrogen-bond donors (Lipinski definition) is 0. The molecule has 0 N–H and O–H groups in total. The van der Waals surface area contributed by atoms with E-state index in [9.17, 15) is 9.59 Å². The highest BCUT2D eigenvalue weighted by Crippen LogP contribution is 2.29. The zero-order valence-electron chi connectivity index (χ0n) is 20.9. The molecule has 4 rings (SSSR count). The van der Waals surface area contributed by atoms with Crippen LogP contribution >= 0.6 is 0 Å². The van der Waals surface area contributed by atoms with Gasteiger partial charge < -0.3 is 0 Å². The molecule has 4 nitrogen and oxygen atoms in total. The molecule has 4 heteroatoms. The summed E-state index contributed by atoms with van der Waals surface area (Å²) in [5.74, 6) is 0.664. The fraction of sp³-hybridized carbons (Fsp3) is 0.517. The van der Waals surface area contributed by atoms with E-state index in [4.69, 9.17) is 0 Å². The first-order valence-corrected chi connectivity index (χ1v) is 11.9. The van der Waals surface area contributed by atoms with Crippen molar-refractivity contribution in [1.82, 2.24) is 9.80 Å². The van der Waals surface area contributed by atoms with Crippen LogP contribution < -0.4 is 0 Å². The second kappa shape index (κ2) is 10.6. The lowest BCUT2D eigenvalue weighted by atomic mass is 9.98. The van der Waals surface area contributed by atoms with Gasteiger partial charge in [-0.1, -0.05) is 59.4 Å². The average molecular weight is 451 g/mol. The second-order valence-electron chi connectivity index (χ2n) is 10.2. The van der Waals surface area contributed by atoms with E-state index >= 15 is 0 Å². The van der Waals surface area contributed by atoms with E-state index < -0.39 is 0 Å². The number of nitrogens with zero attached hydrogens (tertiary/aromatic N) is 2. The largest absolute Gasteiger partial charge is 0.292 e. The van der Waals surface area contributed by atoms with Crippen molar-refractivity contribution < 1.29 is 9.59 Å². The van der Waals surface area contributed by atoms with E-state index in [0.29, 0.717) is 29.0 Å². The summed E-state index contributed by atoms with van der Waals surface area (Å²) in [5.41, 5.74) is 6.71. The second-order valence-corrected chi connectivity index (χ2v) is 10.2. The van der Waals surface area contributed by atoms with Crippen LogP contribution in [0.4, 0.5) is 0 Å². The molecule has 2 aromatic rings. The number of amides is 2. The molecular formula is C29H42N2O2. The Balaban J connectivity index is 0.000000228. The highest BCUT2D eigenvalue weighted by atomic mass is 16.2. The summed E-state index contributed by atoms with van der Waals surface area (Å²) in [5, 5.41) is 0. The molecule has 0 fully saturated rings. The fourth-order valence-electron chi connectivity index (χ4n) is 4.27. The predicted octanol–water partition coefficient (Wildman–Crippen LogP) is 6.98. The molecule has 0 saturated heterocycles. The number of fused-ring (bicyclic) bond motifs is 2. The van der Waals surface area contributed by atoms with E-state index in [2.05, 4.69) is 64.6 Å². The topological polar surface area (TPSA) is 40.6 Å². The predicted molar refractivity (Wildman–Crippen MR) is 138 cm³/mol. The minimum Gasteiger partial charge on any atom is -0.292 e. The van der Waals surface area contributed by atoms with Gasteiger partial charge in [-0.3, -0.25) is 19.4 Å². The number of imide groups is 1. The van der Waals surface area contributed by atoms with Crippen LogP contribution in [0.2, 0.25) is 0 Å². The van der Waals surface area contributed by atoms with E-state index in [1.165, 1.54) is 21.6 Å². The number of carbonyl (C=O) groups is 2. The summed E-state index contributed by atoms with van der Waals surface area (Å²) in [6.07, 6.45) is 0.